The summed E-state index contributed by atoms with van der Waals surface area (Å²) in [7, 11) is 0. The zero-order chi connectivity index (χ0) is 19.8. The maximum absolute atomic E-state index is 13.2. The second kappa shape index (κ2) is 6.96. The Morgan fingerprint density at radius 2 is 1.64 bits per heavy atom. The van der Waals surface area contributed by atoms with Crippen molar-refractivity contribution in [3.63, 3.8) is 0 Å². The molecular formula is C22H22N4O2. The lowest BCUT2D eigenvalue weighted by molar-refractivity contribution is 0.539. The van der Waals surface area contributed by atoms with Crippen LogP contribution < -0.4 is 11.2 Å². The van der Waals surface area contributed by atoms with E-state index in [1.165, 1.54) is 9.13 Å². The first-order valence-electron chi connectivity index (χ1n) is 9.30. The first kappa shape index (κ1) is 18.0. The Morgan fingerprint density at radius 1 is 0.964 bits per heavy atom. The molecule has 0 unspecified atom stereocenters. The van der Waals surface area contributed by atoms with E-state index >= 15 is 0 Å². The van der Waals surface area contributed by atoms with Crippen LogP contribution in [0, 0.1) is 6.92 Å². The smallest absolute Gasteiger partial charge is 0.320 e. The fourth-order valence-corrected chi connectivity index (χ4v) is 3.44. The highest BCUT2D eigenvalue weighted by Gasteiger charge is 2.20. The first-order valence-corrected chi connectivity index (χ1v) is 9.30. The zero-order valence-electron chi connectivity index (χ0n) is 16.2. The van der Waals surface area contributed by atoms with Crippen molar-refractivity contribution in [2.75, 3.05) is 0 Å². The number of rotatable bonds is 4. The maximum Gasteiger partial charge on any atom is 0.337 e. The van der Waals surface area contributed by atoms with E-state index in [4.69, 9.17) is 0 Å². The SMILES string of the molecule is Cc1ccc(-n2c(=O)n(C(C)C)c(=O)c3c2ncn3Cc2ccccc2)cc1. The van der Waals surface area contributed by atoms with Crippen LogP contribution in [0.3, 0.4) is 0 Å². The Hall–Kier alpha value is -3.41. The normalized spacial score (nSPS) is 11.4. The lowest BCUT2D eigenvalue weighted by Gasteiger charge is -2.15. The average molecular weight is 374 g/mol. The number of aromatic nitrogens is 4. The number of benzene rings is 2. The van der Waals surface area contributed by atoms with Gasteiger partial charge in [0.2, 0.25) is 0 Å². The van der Waals surface area contributed by atoms with Gasteiger partial charge in [-0.2, -0.15) is 0 Å². The molecule has 0 radical (unpaired) electrons. The van der Waals surface area contributed by atoms with Crippen molar-refractivity contribution in [2.24, 2.45) is 0 Å². The van der Waals surface area contributed by atoms with Crippen LogP contribution in [0.15, 0.2) is 70.5 Å². The Balaban J connectivity index is 2.03. The average Bonchev–Trinajstić information content (AvgIpc) is 3.07. The van der Waals surface area contributed by atoms with Gasteiger partial charge >= 0.3 is 5.69 Å². The minimum absolute atomic E-state index is 0.263. The fourth-order valence-electron chi connectivity index (χ4n) is 3.44. The van der Waals surface area contributed by atoms with Gasteiger partial charge < -0.3 is 4.57 Å². The third-order valence-electron chi connectivity index (χ3n) is 4.85. The van der Waals surface area contributed by atoms with E-state index in [-0.39, 0.29) is 17.3 Å². The van der Waals surface area contributed by atoms with Crippen molar-refractivity contribution in [2.45, 2.75) is 33.4 Å². The number of nitrogens with zero attached hydrogens (tertiary/aromatic N) is 4. The summed E-state index contributed by atoms with van der Waals surface area (Å²) >= 11 is 0. The molecule has 4 rings (SSSR count). The number of hydrogen-bond donors (Lipinski definition) is 0. The summed E-state index contributed by atoms with van der Waals surface area (Å²) in [5.41, 5.74) is 2.97. The second-order valence-corrected chi connectivity index (χ2v) is 7.25. The predicted molar refractivity (Wildman–Crippen MR) is 110 cm³/mol. The monoisotopic (exact) mass is 374 g/mol. The van der Waals surface area contributed by atoms with E-state index in [2.05, 4.69) is 4.98 Å². The number of aryl methyl sites for hydroxylation is 1. The van der Waals surface area contributed by atoms with Crippen LogP contribution >= 0.6 is 0 Å². The Morgan fingerprint density at radius 3 is 2.29 bits per heavy atom. The third kappa shape index (κ3) is 2.97. The molecule has 142 valence electrons. The number of fused-ring (bicyclic) bond motifs is 1. The van der Waals surface area contributed by atoms with Gasteiger partial charge in [0, 0.05) is 12.6 Å². The van der Waals surface area contributed by atoms with Crippen LogP contribution in [0.2, 0.25) is 0 Å². The number of imidazole rings is 1. The van der Waals surface area contributed by atoms with Gasteiger partial charge in [0.05, 0.1) is 12.0 Å². The molecule has 6 nitrogen and oxygen atoms in total. The lowest BCUT2D eigenvalue weighted by atomic mass is 10.2. The minimum atomic E-state index is -0.374. The van der Waals surface area contributed by atoms with Gasteiger partial charge in [-0.15, -0.1) is 0 Å². The molecule has 0 aliphatic rings. The Labute approximate surface area is 162 Å². The van der Waals surface area contributed by atoms with E-state index in [0.717, 1.165) is 11.1 Å². The van der Waals surface area contributed by atoms with E-state index < -0.39 is 0 Å². The standard InChI is InChI=1S/C22H22N4O2/c1-15(2)25-21(27)19-20(23-14-24(19)13-17-7-5-4-6-8-17)26(22(25)28)18-11-9-16(3)10-12-18/h4-12,14-15H,13H2,1-3H3. The summed E-state index contributed by atoms with van der Waals surface area (Å²) in [6.07, 6.45) is 1.63. The molecule has 6 heteroatoms. The molecule has 28 heavy (non-hydrogen) atoms. The van der Waals surface area contributed by atoms with Gasteiger partial charge in [0.1, 0.15) is 0 Å². The molecule has 0 spiro atoms. The van der Waals surface area contributed by atoms with Gasteiger partial charge in [-0.25, -0.2) is 14.3 Å². The van der Waals surface area contributed by atoms with Crippen molar-refractivity contribution in [3.8, 4) is 5.69 Å². The lowest BCUT2D eigenvalue weighted by Crippen LogP contribution is -2.41. The van der Waals surface area contributed by atoms with Crippen LogP contribution in [0.4, 0.5) is 0 Å². The van der Waals surface area contributed by atoms with E-state index in [1.807, 2.05) is 79.9 Å². The molecule has 0 fully saturated rings. The Bertz CT molecular complexity index is 1250. The molecular weight excluding hydrogens is 352 g/mol. The molecule has 0 aliphatic heterocycles. The maximum atomic E-state index is 13.2. The molecule has 0 atom stereocenters. The molecule has 2 aromatic heterocycles. The topological polar surface area (TPSA) is 61.8 Å². The van der Waals surface area contributed by atoms with Gasteiger partial charge in [-0.05, 0) is 38.5 Å². The van der Waals surface area contributed by atoms with Crippen molar-refractivity contribution in [1.82, 2.24) is 18.7 Å². The minimum Gasteiger partial charge on any atom is -0.320 e. The number of hydrogen-bond acceptors (Lipinski definition) is 3. The van der Waals surface area contributed by atoms with Crippen molar-refractivity contribution >= 4 is 11.2 Å². The van der Waals surface area contributed by atoms with Crippen LogP contribution in [0.25, 0.3) is 16.9 Å². The molecule has 0 saturated heterocycles. The summed E-state index contributed by atoms with van der Waals surface area (Å²) in [6, 6.07) is 17.3. The first-order chi connectivity index (χ1) is 13.5. The van der Waals surface area contributed by atoms with Crippen molar-refractivity contribution < 1.29 is 0 Å². The summed E-state index contributed by atoms with van der Waals surface area (Å²) in [6.45, 7) is 6.18. The van der Waals surface area contributed by atoms with Gasteiger partial charge in [-0.1, -0.05) is 48.0 Å². The highest BCUT2D eigenvalue weighted by Crippen LogP contribution is 2.16. The van der Waals surface area contributed by atoms with Gasteiger partial charge in [-0.3, -0.25) is 9.36 Å². The Kier molecular flexibility index (Phi) is 4.47. The summed E-state index contributed by atoms with van der Waals surface area (Å²) in [4.78, 5) is 30.8. The van der Waals surface area contributed by atoms with Crippen LogP contribution in [-0.2, 0) is 6.54 Å². The van der Waals surface area contributed by atoms with Crippen molar-refractivity contribution in [1.29, 1.82) is 0 Å². The summed E-state index contributed by atoms with van der Waals surface area (Å²) < 4.78 is 4.64. The van der Waals surface area contributed by atoms with Gasteiger partial charge in [0.25, 0.3) is 5.56 Å². The largest absolute Gasteiger partial charge is 0.337 e. The highest BCUT2D eigenvalue weighted by atomic mass is 16.2. The molecule has 4 aromatic rings. The second-order valence-electron chi connectivity index (χ2n) is 7.25. The molecule has 0 saturated carbocycles. The zero-order valence-corrected chi connectivity index (χ0v) is 16.2. The van der Waals surface area contributed by atoms with Crippen LogP contribution in [0.5, 0.6) is 0 Å². The summed E-state index contributed by atoms with van der Waals surface area (Å²) in [5, 5.41) is 0. The van der Waals surface area contributed by atoms with Crippen LogP contribution in [-0.4, -0.2) is 18.7 Å². The molecule has 2 heterocycles. The van der Waals surface area contributed by atoms with E-state index in [1.54, 1.807) is 6.33 Å². The quantitative estimate of drug-likeness (QED) is 0.551. The van der Waals surface area contributed by atoms with Crippen LogP contribution in [0.1, 0.15) is 31.0 Å². The fraction of sp³-hybridized carbons (Fsp3) is 0.227. The van der Waals surface area contributed by atoms with Crippen molar-refractivity contribution in [3.05, 3.63) is 92.9 Å². The predicted octanol–water partition coefficient (Wildman–Crippen LogP) is 3.29. The summed E-state index contributed by atoms with van der Waals surface area (Å²) in [5.74, 6) is 0. The van der Waals surface area contributed by atoms with Gasteiger partial charge in [0.15, 0.2) is 11.2 Å². The van der Waals surface area contributed by atoms with E-state index in [9.17, 15) is 9.59 Å². The van der Waals surface area contributed by atoms with E-state index in [0.29, 0.717) is 23.4 Å². The third-order valence-corrected chi connectivity index (χ3v) is 4.85. The molecule has 2 aromatic carbocycles. The highest BCUT2D eigenvalue weighted by molar-refractivity contribution is 5.72. The molecule has 0 aliphatic carbocycles. The molecule has 0 amide bonds. The molecule has 0 N–H and O–H groups in total. The molecule has 0 bridgehead atoms.